The van der Waals surface area contributed by atoms with Crippen molar-refractivity contribution < 1.29 is 17.9 Å². The van der Waals surface area contributed by atoms with E-state index in [-0.39, 0.29) is 40.9 Å². The summed E-state index contributed by atoms with van der Waals surface area (Å²) < 4.78 is 33.8. The Morgan fingerprint density at radius 2 is 1.87 bits per heavy atom. The van der Waals surface area contributed by atoms with Gasteiger partial charge < -0.3 is 9.30 Å². The van der Waals surface area contributed by atoms with Crippen LogP contribution in [0.15, 0.2) is 39.0 Å². The van der Waals surface area contributed by atoms with Gasteiger partial charge in [-0.3, -0.25) is 28.5 Å². The number of sulfone groups is 1. The summed E-state index contributed by atoms with van der Waals surface area (Å²) >= 11 is 1.23. The lowest BCUT2D eigenvalue weighted by molar-refractivity contribution is -0.119. The number of fused-ring (bicyclic) bond motifs is 2. The summed E-state index contributed by atoms with van der Waals surface area (Å²) in [6, 6.07) is 4.69. The van der Waals surface area contributed by atoms with E-state index in [1.54, 1.807) is 17.0 Å². The van der Waals surface area contributed by atoms with Crippen molar-refractivity contribution >= 4 is 66.0 Å². The van der Waals surface area contributed by atoms with Gasteiger partial charge >= 0.3 is 5.69 Å². The molecule has 1 aliphatic heterocycles. The number of hydrogen-bond donors (Lipinski definition) is 0. The smallest absolute Gasteiger partial charge is 0.332 e. The number of halogens is 1. The molecule has 0 saturated carbocycles. The summed E-state index contributed by atoms with van der Waals surface area (Å²) in [5.74, 6) is -0.323. The molecular formula is C23H28ClN7O6S2. The first-order chi connectivity index (χ1) is 18.0. The van der Waals surface area contributed by atoms with Gasteiger partial charge in [-0.05, 0) is 18.2 Å². The maximum Gasteiger partial charge on any atom is 0.332 e. The molecule has 210 valence electrons. The summed E-state index contributed by atoms with van der Waals surface area (Å²) in [7, 11) is -0.506. The third-order valence-electron chi connectivity index (χ3n) is 6.58. The van der Waals surface area contributed by atoms with Crippen LogP contribution in [0.5, 0.6) is 0 Å². The highest BCUT2D eigenvalue weighted by Crippen LogP contribution is 2.31. The van der Waals surface area contributed by atoms with E-state index >= 15 is 0 Å². The maximum atomic E-state index is 13.7. The third-order valence-corrected chi connectivity index (χ3v) is 8.73. The number of morpholine rings is 1. The number of thiazole rings is 1. The van der Waals surface area contributed by atoms with Gasteiger partial charge in [0.15, 0.2) is 26.1 Å². The molecule has 1 aromatic carbocycles. The summed E-state index contributed by atoms with van der Waals surface area (Å²) in [6.07, 6.45) is 2.52. The van der Waals surface area contributed by atoms with E-state index in [4.69, 9.17) is 4.74 Å². The van der Waals surface area contributed by atoms with Gasteiger partial charge in [-0.15, -0.1) is 12.4 Å². The number of benzene rings is 1. The first-order valence-corrected chi connectivity index (χ1v) is 14.6. The molecule has 0 spiro atoms. The number of carbonyl (C=O) groups excluding carboxylic acids is 1. The predicted octanol–water partition coefficient (Wildman–Crippen LogP) is 0.234. The number of nitrogens with zero attached hydrogens (tertiary/aromatic N) is 7. The molecule has 1 amide bonds. The molecule has 5 rings (SSSR count). The average molecular weight is 598 g/mol. The molecule has 0 atom stereocenters. The number of hydrogen-bond acceptors (Lipinski definition) is 10. The van der Waals surface area contributed by atoms with Gasteiger partial charge in [0, 0.05) is 46.5 Å². The molecule has 3 aromatic heterocycles. The number of imidazole rings is 1. The van der Waals surface area contributed by atoms with Gasteiger partial charge in [0.05, 0.1) is 34.7 Å². The number of aromatic nitrogens is 5. The lowest BCUT2D eigenvalue weighted by Crippen LogP contribution is -2.44. The number of rotatable bonds is 7. The fourth-order valence-electron chi connectivity index (χ4n) is 4.38. The number of carbonyl (C=O) groups is 1. The van der Waals surface area contributed by atoms with Crippen molar-refractivity contribution in [2.75, 3.05) is 50.5 Å². The lowest BCUT2D eigenvalue weighted by atomic mass is 10.3. The van der Waals surface area contributed by atoms with Crippen molar-refractivity contribution in [3.8, 4) is 0 Å². The monoisotopic (exact) mass is 597 g/mol. The Morgan fingerprint density at radius 3 is 2.56 bits per heavy atom. The molecule has 0 unspecified atom stereocenters. The second-order valence-corrected chi connectivity index (χ2v) is 12.2. The molecule has 4 heterocycles. The van der Waals surface area contributed by atoms with Gasteiger partial charge in [-0.1, -0.05) is 11.3 Å². The van der Waals surface area contributed by atoms with Gasteiger partial charge in [-0.2, -0.15) is 0 Å². The zero-order valence-corrected chi connectivity index (χ0v) is 24.0. The van der Waals surface area contributed by atoms with Crippen molar-refractivity contribution in [3.05, 3.63) is 45.4 Å². The summed E-state index contributed by atoms with van der Waals surface area (Å²) in [5.41, 5.74) is -0.119. The van der Waals surface area contributed by atoms with Crippen molar-refractivity contribution in [3.63, 3.8) is 0 Å². The van der Waals surface area contributed by atoms with Gasteiger partial charge in [0.25, 0.3) is 5.56 Å². The molecule has 0 aliphatic carbocycles. The van der Waals surface area contributed by atoms with E-state index in [9.17, 15) is 22.8 Å². The first kappa shape index (κ1) is 28.9. The number of aryl methyl sites for hydroxylation is 1. The molecule has 4 aromatic rings. The van der Waals surface area contributed by atoms with Gasteiger partial charge in [0.1, 0.15) is 6.54 Å². The summed E-state index contributed by atoms with van der Waals surface area (Å²) in [6.45, 7) is 3.45. The SMILES string of the molecule is Cl.Cn1c(=O)c2c(ncn2CC(=O)N(CCN2CCOCC2)c2nc3ccc(S(C)(=O)=O)cc3s2)n(C)c1=O. The molecule has 1 aliphatic rings. The van der Waals surface area contributed by atoms with Crippen LogP contribution in [-0.4, -0.2) is 88.5 Å². The normalized spacial score (nSPS) is 14.5. The van der Waals surface area contributed by atoms with E-state index in [2.05, 4.69) is 14.9 Å². The van der Waals surface area contributed by atoms with Crippen LogP contribution in [0.3, 0.4) is 0 Å². The van der Waals surface area contributed by atoms with Gasteiger partial charge in [0.2, 0.25) is 5.91 Å². The quantitative estimate of drug-likeness (QED) is 0.293. The van der Waals surface area contributed by atoms with Crippen LogP contribution < -0.4 is 16.1 Å². The van der Waals surface area contributed by atoms with Crippen LogP contribution in [0.2, 0.25) is 0 Å². The highest BCUT2D eigenvalue weighted by Gasteiger charge is 2.24. The zero-order valence-electron chi connectivity index (χ0n) is 21.6. The lowest BCUT2D eigenvalue weighted by Gasteiger charge is -2.29. The minimum Gasteiger partial charge on any atom is -0.379 e. The number of amides is 1. The van der Waals surface area contributed by atoms with Crippen LogP contribution in [-0.2, 0) is 40.0 Å². The Balaban J connectivity index is 0.00000353. The van der Waals surface area contributed by atoms with Gasteiger partial charge in [-0.25, -0.2) is 23.2 Å². The molecule has 1 fully saturated rings. The second-order valence-electron chi connectivity index (χ2n) is 9.15. The van der Waals surface area contributed by atoms with E-state index in [0.29, 0.717) is 41.7 Å². The first-order valence-electron chi connectivity index (χ1n) is 11.9. The Hall–Kier alpha value is -3.11. The number of ether oxygens (including phenoxy) is 1. The van der Waals surface area contributed by atoms with Crippen LogP contribution in [0.25, 0.3) is 21.4 Å². The molecular weight excluding hydrogens is 570 g/mol. The molecule has 16 heteroatoms. The molecule has 13 nitrogen and oxygen atoms in total. The Kier molecular flexibility index (Phi) is 8.28. The van der Waals surface area contributed by atoms with E-state index in [0.717, 1.165) is 23.9 Å². The molecule has 0 radical (unpaired) electrons. The largest absolute Gasteiger partial charge is 0.379 e. The average Bonchev–Trinajstić information content (AvgIpc) is 3.50. The fraction of sp³-hybridized carbons (Fsp3) is 0.435. The number of anilines is 1. The molecule has 0 N–H and O–H groups in total. The third kappa shape index (κ3) is 5.63. The minimum atomic E-state index is -3.40. The van der Waals surface area contributed by atoms with Crippen molar-refractivity contribution in [1.82, 2.24) is 28.6 Å². The highest BCUT2D eigenvalue weighted by molar-refractivity contribution is 7.90. The zero-order chi connectivity index (χ0) is 27.2. The Bertz CT molecular complexity index is 1770. The summed E-state index contributed by atoms with van der Waals surface area (Å²) in [4.78, 5) is 51.6. The van der Waals surface area contributed by atoms with E-state index in [1.165, 1.54) is 47.0 Å². The van der Waals surface area contributed by atoms with Crippen LogP contribution in [0.1, 0.15) is 0 Å². The highest BCUT2D eigenvalue weighted by atomic mass is 35.5. The second kappa shape index (κ2) is 11.2. The van der Waals surface area contributed by atoms with Crippen LogP contribution >= 0.6 is 23.7 Å². The molecule has 39 heavy (non-hydrogen) atoms. The van der Waals surface area contributed by atoms with E-state index < -0.39 is 21.1 Å². The molecule has 1 saturated heterocycles. The Labute approximate surface area is 233 Å². The van der Waals surface area contributed by atoms with Crippen LogP contribution in [0.4, 0.5) is 5.13 Å². The Morgan fingerprint density at radius 1 is 1.15 bits per heavy atom. The predicted molar refractivity (Wildman–Crippen MR) is 150 cm³/mol. The summed E-state index contributed by atoms with van der Waals surface area (Å²) in [5, 5.41) is 0.425. The van der Waals surface area contributed by atoms with Crippen molar-refractivity contribution in [2.24, 2.45) is 14.1 Å². The minimum absolute atomic E-state index is 0. The maximum absolute atomic E-state index is 13.7. The van der Waals surface area contributed by atoms with Crippen molar-refractivity contribution in [1.29, 1.82) is 0 Å². The topological polar surface area (TPSA) is 142 Å². The van der Waals surface area contributed by atoms with Crippen molar-refractivity contribution in [2.45, 2.75) is 11.4 Å². The molecule has 0 bridgehead atoms. The van der Waals surface area contributed by atoms with Crippen LogP contribution in [0, 0.1) is 0 Å². The van der Waals surface area contributed by atoms with E-state index in [1.807, 2.05) is 0 Å². The standard InChI is InChI=1S/C23H27N7O6S2.ClH/c1-26-20-19(21(32)27(2)23(26)33)29(14-24-20)13-18(31)30(7-6-28-8-10-36-11-9-28)22-25-16-5-4-15(38(3,34)35)12-17(16)37-22;/h4-5,12,14H,6-11,13H2,1-3H3;1H. The fourth-order valence-corrected chi connectivity index (χ4v) is 6.15.